The van der Waals surface area contributed by atoms with Crippen LogP contribution < -0.4 is 19.1 Å². The number of methoxy groups -OCH3 is 1. The average molecular weight is 713 g/mol. The van der Waals surface area contributed by atoms with Crippen LogP contribution in [0.2, 0.25) is 10.0 Å². The topological polar surface area (TPSA) is 124 Å². The summed E-state index contributed by atoms with van der Waals surface area (Å²) < 4.78 is 23.5. The van der Waals surface area contributed by atoms with Gasteiger partial charge in [-0.1, -0.05) is 70.6 Å². The minimum atomic E-state index is -1.10. The molecule has 10 nitrogen and oxygen atoms in total. The van der Waals surface area contributed by atoms with Gasteiger partial charge in [-0.3, -0.25) is 14.5 Å². The van der Waals surface area contributed by atoms with E-state index in [1.165, 1.54) is 23.8 Å². The molecule has 0 fully saturated rings. The Labute approximate surface area is 287 Å². The van der Waals surface area contributed by atoms with Gasteiger partial charge in [0.05, 0.1) is 31.9 Å². The van der Waals surface area contributed by atoms with Gasteiger partial charge >= 0.3 is 0 Å². The number of nitrogens with zero attached hydrogens (tertiary/aromatic N) is 3. The lowest BCUT2D eigenvalue weighted by molar-refractivity contribution is -0.117. The van der Waals surface area contributed by atoms with Crippen LogP contribution in [0.15, 0.2) is 80.8 Å². The first-order valence-electron chi connectivity index (χ1n) is 14.4. The third-order valence-electron chi connectivity index (χ3n) is 7.26. The molecule has 1 amide bonds. The normalized spacial score (nSPS) is 14.7. The molecule has 1 N–H and O–H groups in total. The van der Waals surface area contributed by atoms with Crippen LogP contribution in [0, 0.1) is 0 Å². The summed E-state index contributed by atoms with van der Waals surface area (Å²) in [6, 6.07) is 16.0. The maximum Gasteiger partial charge on any atom is 0.296 e. The van der Waals surface area contributed by atoms with Crippen molar-refractivity contribution in [3.63, 3.8) is 0 Å². The van der Waals surface area contributed by atoms with Crippen LogP contribution in [-0.4, -0.2) is 47.3 Å². The molecular weight excluding hydrogens is 685 g/mol. The number of aliphatic hydroxyl groups excluding tert-OH is 1. The number of aliphatic hydroxyl groups is 1. The molecule has 1 aliphatic heterocycles. The lowest BCUT2D eigenvalue weighted by Crippen LogP contribution is -2.31. The van der Waals surface area contributed by atoms with E-state index in [1.807, 2.05) is 19.9 Å². The number of hydrogen-bond acceptors (Lipinski definition) is 11. The summed E-state index contributed by atoms with van der Waals surface area (Å²) in [5.41, 5.74) is 1.50. The molecule has 1 aliphatic rings. The van der Waals surface area contributed by atoms with Gasteiger partial charge in [-0.2, -0.15) is 0 Å². The molecule has 47 heavy (non-hydrogen) atoms. The second-order valence-corrected chi connectivity index (χ2v) is 13.1. The molecule has 2 aromatic heterocycles. The molecule has 6 rings (SSSR count). The number of rotatable bonds is 12. The lowest BCUT2D eigenvalue weighted by Gasteiger charge is -2.24. The van der Waals surface area contributed by atoms with Crippen molar-refractivity contribution in [1.82, 2.24) is 10.2 Å². The fourth-order valence-corrected chi connectivity index (χ4v) is 7.59. The smallest absolute Gasteiger partial charge is 0.296 e. The average Bonchev–Trinajstić information content (AvgIpc) is 3.78. The molecule has 0 saturated carbocycles. The van der Waals surface area contributed by atoms with E-state index in [1.54, 1.807) is 54.6 Å². The number of aromatic nitrogens is 2. The van der Waals surface area contributed by atoms with Crippen LogP contribution in [0.5, 0.6) is 17.2 Å². The summed E-state index contributed by atoms with van der Waals surface area (Å²) in [5.74, 6) is -0.466. The van der Waals surface area contributed by atoms with Gasteiger partial charge in [0.2, 0.25) is 10.9 Å². The summed E-state index contributed by atoms with van der Waals surface area (Å²) in [7, 11) is 1.50. The number of ether oxygens (including phenoxy) is 3. The predicted octanol–water partition coefficient (Wildman–Crippen LogP) is 8.47. The van der Waals surface area contributed by atoms with Gasteiger partial charge in [-0.05, 0) is 61.4 Å². The summed E-state index contributed by atoms with van der Waals surface area (Å²) in [4.78, 5) is 29.3. The third-order valence-corrected chi connectivity index (χ3v) is 9.95. The van der Waals surface area contributed by atoms with E-state index in [0.29, 0.717) is 67.1 Å². The summed E-state index contributed by atoms with van der Waals surface area (Å²) in [5, 5.41) is 21.7. The number of carbonyl (C=O) groups is 2. The number of thioether (sulfide) groups is 1. The Morgan fingerprint density at radius 1 is 1.02 bits per heavy atom. The highest BCUT2D eigenvalue weighted by atomic mass is 35.5. The Kier molecular flexibility index (Phi) is 9.65. The molecule has 1 atom stereocenters. The number of para-hydroxylation sites is 1. The van der Waals surface area contributed by atoms with E-state index in [2.05, 4.69) is 10.2 Å². The Bertz CT molecular complexity index is 2030. The number of benzene rings is 3. The SMILES string of the molecule is CCOc1ccc(C2C(C(=O)c3cc4cccc(OC)c4o3)=C(O)C(=O)N2c2nnc(SCc3ccc(Cl)cc3Cl)s2)cc1OCC. The van der Waals surface area contributed by atoms with Crippen LogP contribution >= 0.6 is 46.3 Å². The first kappa shape index (κ1) is 32.7. The van der Waals surface area contributed by atoms with E-state index < -0.39 is 23.5 Å². The van der Waals surface area contributed by atoms with Crippen LogP contribution in [0.3, 0.4) is 0 Å². The molecule has 242 valence electrons. The van der Waals surface area contributed by atoms with E-state index in [9.17, 15) is 14.7 Å². The molecule has 3 heterocycles. The highest BCUT2D eigenvalue weighted by Crippen LogP contribution is 2.46. The molecule has 0 spiro atoms. The largest absolute Gasteiger partial charge is 0.503 e. The number of fused-ring (bicyclic) bond motifs is 1. The quantitative estimate of drug-likeness (QED) is 0.0765. The molecule has 0 radical (unpaired) electrons. The molecule has 0 saturated heterocycles. The number of hydrogen-bond donors (Lipinski definition) is 1. The Hall–Kier alpha value is -4.23. The maximum absolute atomic E-state index is 14.2. The van der Waals surface area contributed by atoms with Crippen LogP contribution in [0.4, 0.5) is 5.13 Å². The summed E-state index contributed by atoms with van der Waals surface area (Å²) >= 11 is 14.9. The van der Waals surface area contributed by atoms with Gasteiger partial charge in [0.25, 0.3) is 5.91 Å². The van der Waals surface area contributed by atoms with Gasteiger partial charge in [-0.25, -0.2) is 0 Å². The predicted molar refractivity (Wildman–Crippen MR) is 182 cm³/mol. The molecule has 1 unspecified atom stereocenters. The van der Waals surface area contributed by atoms with E-state index in [-0.39, 0.29) is 16.5 Å². The first-order chi connectivity index (χ1) is 22.7. The van der Waals surface area contributed by atoms with E-state index in [0.717, 1.165) is 16.9 Å². The van der Waals surface area contributed by atoms with Crippen molar-refractivity contribution in [2.24, 2.45) is 0 Å². The fourth-order valence-electron chi connectivity index (χ4n) is 5.17. The van der Waals surface area contributed by atoms with Crippen molar-refractivity contribution in [3.8, 4) is 17.2 Å². The van der Waals surface area contributed by atoms with Gasteiger partial charge in [0.15, 0.2) is 38.7 Å². The van der Waals surface area contributed by atoms with Crippen molar-refractivity contribution >= 4 is 74.1 Å². The summed E-state index contributed by atoms with van der Waals surface area (Å²) in [6.07, 6.45) is 0. The van der Waals surface area contributed by atoms with Gasteiger partial charge in [0, 0.05) is 21.2 Å². The molecule has 0 bridgehead atoms. The Morgan fingerprint density at radius 2 is 1.81 bits per heavy atom. The monoisotopic (exact) mass is 711 g/mol. The maximum atomic E-state index is 14.2. The zero-order valence-corrected chi connectivity index (χ0v) is 28.4. The van der Waals surface area contributed by atoms with Crippen LogP contribution in [0.1, 0.15) is 41.6 Å². The second kappa shape index (κ2) is 13.9. The van der Waals surface area contributed by atoms with Crippen molar-refractivity contribution in [1.29, 1.82) is 0 Å². The van der Waals surface area contributed by atoms with Crippen molar-refractivity contribution in [2.45, 2.75) is 30.0 Å². The number of carbonyl (C=O) groups excluding carboxylic acids is 2. The Balaban J connectivity index is 1.41. The zero-order chi connectivity index (χ0) is 33.2. The number of amides is 1. The number of halogens is 2. The lowest BCUT2D eigenvalue weighted by atomic mass is 9.95. The van der Waals surface area contributed by atoms with Gasteiger partial charge < -0.3 is 23.7 Å². The third kappa shape index (κ3) is 6.38. The minimum Gasteiger partial charge on any atom is -0.503 e. The van der Waals surface area contributed by atoms with Crippen molar-refractivity contribution in [2.75, 3.05) is 25.2 Å². The standard InChI is InChI=1S/C33H27Cl2N3O7S2/c1-4-43-22-12-10-17(13-24(22)44-5-2)27-26(28(39)25-14-18-7-6-8-23(42-3)30(18)45-25)29(40)31(41)38(27)32-36-37-33(47-32)46-16-19-9-11-20(34)15-21(19)35/h6-15,27,40H,4-5,16H2,1-3H3. The van der Waals surface area contributed by atoms with E-state index in [4.69, 9.17) is 41.8 Å². The number of furan rings is 1. The van der Waals surface area contributed by atoms with Crippen LogP contribution in [-0.2, 0) is 10.5 Å². The number of ketones is 1. The molecule has 14 heteroatoms. The minimum absolute atomic E-state index is 0.0741. The van der Waals surface area contributed by atoms with Crippen molar-refractivity contribution in [3.05, 3.63) is 98.9 Å². The highest BCUT2D eigenvalue weighted by Gasteiger charge is 2.47. The number of Topliss-reactive ketones (excluding diaryl/α,β-unsaturated/α-hetero) is 1. The fraction of sp³-hybridized carbons (Fsp3) is 0.212. The molecule has 3 aromatic carbocycles. The molecule has 5 aromatic rings. The van der Waals surface area contributed by atoms with Gasteiger partial charge in [0.1, 0.15) is 0 Å². The Morgan fingerprint density at radius 3 is 2.55 bits per heavy atom. The van der Waals surface area contributed by atoms with Gasteiger partial charge in [-0.15, -0.1) is 10.2 Å². The number of anilines is 1. The molecular formula is C33H27Cl2N3O7S2. The zero-order valence-electron chi connectivity index (χ0n) is 25.3. The van der Waals surface area contributed by atoms with E-state index >= 15 is 0 Å². The highest BCUT2D eigenvalue weighted by molar-refractivity contribution is 8.00. The van der Waals surface area contributed by atoms with Crippen molar-refractivity contribution < 1.29 is 33.3 Å². The molecule has 0 aliphatic carbocycles. The summed E-state index contributed by atoms with van der Waals surface area (Å²) in [6.45, 7) is 4.44. The second-order valence-electron chi connectivity index (χ2n) is 10.1. The first-order valence-corrected chi connectivity index (χ1v) is 17.0. The van der Waals surface area contributed by atoms with Crippen LogP contribution in [0.25, 0.3) is 11.0 Å².